The molecule has 2 aromatic rings. The molecule has 14 nitrogen and oxygen atoms in total. The average Bonchev–Trinajstić information content (AvgIpc) is 3.52. The Bertz CT molecular complexity index is 1640. The molecule has 1 amide bonds. The highest BCUT2D eigenvalue weighted by molar-refractivity contribution is 5.74. The van der Waals surface area contributed by atoms with Gasteiger partial charge >= 0.3 is 6.67 Å². The molecule has 0 aromatic carbocycles. The minimum atomic E-state index is -0.193. The van der Waals surface area contributed by atoms with Crippen LogP contribution in [0.15, 0.2) is 65.8 Å². The number of ether oxygens (including phenoxy) is 3. The van der Waals surface area contributed by atoms with Crippen molar-refractivity contribution in [2.45, 2.75) is 92.0 Å². The molecule has 0 radical (unpaired) electrons. The highest BCUT2D eigenvalue weighted by Gasteiger charge is 2.40. The Balaban J connectivity index is 0.000000500. The summed E-state index contributed by atoms with van der Waals surface area (Å²) in [7, 11) is 9.44. The second-order valence-electron chi connectivity index (χ2n) is 16.6. The minimum Gasteiger partial charge on any atom is -0.394 e. The molecule has 2 aromatic heterocycles. The van der Waals surface area contributed by atoms with Crippen molar-refractivity contribution in [3.05, 3.63) is 76.2 Å². The number of methoxy groups -OCH3 is 2. The van der Waals surface area contributed by atoms with E-state index in [2.05, 4.69) is 106 Å². The van der Waals surface area contributed by atoms with Crippen molar-refractivity contribution in [1.82, 2.24) is 24.7 Å². The number of aromatic nitrogens is 2. The van der Waals surface area contributed by atoms with Crippen LogP contribution in [0.2, 0.25) is 0 Å². The van der Waals surface area contributed by atoms with E-state index in [1.807, 2.05) is 50.5 Å². The first-order chi connectivity index (χ1) is 27.9. The second-order valence-corrected chi connectivity index (χ2v) is 16.6. The van der Waals surface area contributed by atoms with E-state index >= 15 is 0 Å². The van der Waals surface area contributed by atoms with Gasteiger partial charge in [-0.1, -0.05) is 30.8 Å². The zero-order valence-corrected chi connectivity index (χ0v) is 38.7. The van der Waals surface area contributed by atoms with E-state index < -0.39 is 0 Å². The Labute approximate surface area is 356 Å². The second kappa shape index (κ2) is 27.5. The Morgan fingerprint density at radius 1 is 1.10 bits per heavy atom. The maximum atomic E-state index is 12.1. The van der Waals surface area contributed by atoms with Gasteiger partial charge in [0.1, 0.15) is 11.6 Å². The number of carbonyl (C=O) groups excluding carboxylic acids is 1. The summed E-state index contributed by atoms with van der Waals surface area (Å²) in [5, 5.41) is 6.12. The summed E-state index contributed by atoms with van der Waals surface area (Å²) in [5.74, 6) is 1.47. The van der Waals surface area contributed by atoms with Crippen LogP contribution in [-0.2, 0) is 19.0 Å². The molecule has 0 saturated carbocycles. The number of rotatable bonds is 22. The Morgan fingerprint density at radius 3 is 2.34 bits per heavy atom. The molecule has 3 rings (SSSR count). The van der Waals surface area contributed by atoms with Crippen molar-refractivity contribution >= 4 is 23.7 Å². The Kier molecular flexibility index (Phi) is 24.6. The van der Waals surface area contributed by atoms with Gasteiger partial charge in [-0.25, -0.2) is 4.98 Å². The van der Waals surface area contributed by atoms with Gasteiger partial charge in [0.05, 0.1) is 31.5 Å². The maximum absolute atomic E-state index is 12.1. The smallest absolute Gasteiger partial charge is 0.336 e. The molecule has 3 unspecified atom stereocenters. The van der Waals surface area contributed by atoms with E-state index in [0.29, 0.717) is 31.7 Å². The van der Waals surface area contributed by atoms with Gasteiger partial charge in [-0.3, -0.25) is 19.4 Å². The molecule has 2 N–H and O–H groups in total. The summed E-state index contributed by atoms with van der Waals surface area (Å²) >= 11 is 0. The molecule has 1 aliphatic rings. The van der Waals surface area contributed by atoms with Crippen LogP contribution < -0.4 is 26.0 Å². The highest BCUT2D eigenvalue weighted by Crippen LogP contribution is 2.38. The predicted octanol–water partition coefficient (Wildman–Crippen LogP) is 6.44. The molecule has 1 saturated heterocycles. The van der Waals surface area contributed by atoms with Crippen molar-refractivity contribution < 1.29 is 19.0 Å². The maximum Gasteiger partial charge on any atom is 0.336 e. The third-order valence-electron chi connectivity index (χ3n) is 10.0. The standard InChI is InChI=1S/C22H36N4O3.C15H24N4O.C8H17NO/c1-17(13-28-7)26(16-27)20-10-8-9-19(24-20)25-12-18(11-23-6)22(5,14-25)15-29-21(2,3)4;1-5-8-18(4)9-6-13(2)19-10-7-14(11-15(19)20)17-12-16-3;1-5-6-9(3)8(2)7-10-4/h8-11,16-17,23H,12-15H2,1-7H3;3,7,10-11,13H,5-6,8-9,12H2,1-2,4H3;5,8H,1,6-7H2,2-4H3/p+1/b18-11+;;/t;;8-/m..0/s1. The highest BCUT2D eigenvalue weighted by atomic mass is 16.5. The summed E-state index contributed by atoms with van der Waals surface area (Å²) in [5.41, 5.74) is 1.70. The van der Waals surface area contributed by atoms with Crippen LogP contribution in [0.5, 0.6) is 0 Å². The van der Waals surface area contributed by atoms with E-state index in [9.17, 15) is 9.59 Å². The first-order valence-corrected chi connectivity index (χ1v) is 20.7. The normalized spacial score (nSPS) is 17.3. The fourth-order valence-electron chi connectivity index (χ4n) is 6.38. The van der Waals surface area contributed by atoms with Crippen molar-refractivity contribution in [3.63, 3.8) is 0 Å². The number of hydrogen-bond donors (Lipinski definition) is 2. The fourth-order valence-corrected chi connectivity index (χ4v) is 6.38. The number of likely N-dealkylation sites (N-methyl/N-ethyl adjacent to an activating group) is 1. The summed E-state index contributed by atoms with van der Waals surface area (Å²) in [6, 6.07) is 9.81. The third kappa shape index (κ3) is 19.1. The van der Waals surface area contributed by atoms with Crippen LogP contribution in [0.3, 0.4) is 0 Å². The third-order valence-corrected chi connectivity index (χ3v) is 10.0. The van der Waals surface area contributed by atoms with E-state index in [0.717, 1.165) is 70.1 Å². The number of amides is 1. The quantitative estimate of drug-likeness (QED) is 0.101. The Morgan fingerprint density at radius 2 is 1.78 bits per heavy atom. The molecule has 14 heteroatoms. The summed E-state index contributed by atoms with van der Waals surface area (Å²) < 4.78 is 18.1. The van der Waals surface area contributed by atoms with Crippen LogP contribution in [0.25, 0.3) is 4.85 Å². The van der Waals surface area contributed by atoms with E-state index in [1.54, 1.807) is 29.8 Å². The van der Waals surface area contributed by atoms with E-state index in [1.165, 1.54) is 5.57 Å². The zero-order valence-electron chi connectivity index (χ0n) is 38.7. The lowest BCUT2D eigenvalue weighted by Gasteiger charge is -2.30. The molecule has 1 fully saturated rings. The summed E-state index contributed by atoms with van der Waals surface area (Å²) in [6.07, 6.45) is 8.71. The molecule has 0 spiro atoms. The SMILES string of the molecule is C#[N+]CNc1ccn(C(C)CCN(C)CCC)c(=O)c1.C=CCN(C)[C@@H](C)COC.CN/C=C1\CN(c2cccc(N(C=O)C(C)COC)n2)CC1(C)COC(C)(C)C. The molecule has 3 heterocycles. The van der Waals surface area contributed by atoms with Gasteiger partial charge < -0.3 is 39.2 Å². The molecule has 0 aliphatic carbocycles. The number of anilines is 3. The minimum absolute atomic E-state index is 0.00216. The number of carbonyl (C=O) groups is 1. The van der Waals surface area contributed by atoms with Gasteiger partial charge in [0, 0.05) is 76.4 Å². The van der Waals surface area contributed by atoms with Crippen LogP contribution >= 0.6 is 0 Å². The van der Waals surface area contributed by atoms with Gasteiger partial charge in [-0.05, 0) is 112 Å². The van der Waals surface area contributed by atoms with Gasteiger partial charge in [0.15, 0.2) is 0 Å². The van der Waals surface area contributed by atoms with Crippen molar-refractivity contribution in [3.8, 4) is 6.57 Å². The largest absolute Gasteiger partial charge is 0.394 e. The van der Waals surface area contributed by atoms with Gasteiger partial charge in [-0.2, -0.15) is 0 Å². The van der Waals surface area contributed by atoms with Crippen LogP contribution in [0.1, 0.15) is 74.3 Å². The number of nitrogens with one attached hydrogen (secondary N) is 2. The lowest BCUT2D eigenvalue weighted by Crippen LogP contribution is -2.36. The summed E-state index contributed by atoms with van der Waals surface area (Å²) in [4.78, 5) is 40.3. The molecule has 0 bridgehead atoms. The first-order valence-electron chi connectivity index (χ1n) is 20.7. The predicted molar refractivity (Wildman–Crippen MR) is 246 cm³/mol. The first kappa shape index (κ1) is 52.8. The zero-order chi connectivity index (χ0) is 44.6. The monoisotopic (exact) mass is 825 g/mol. The van der Waals surface area contributed by atoms with Crippen molar-refractivity contribution in [1.29, 1.82) is 0 Å². The molecule has 4 atom stereocenters. The van der Waals surface area contributed by atoms with Crippen LogP contribution in [0, 0.1) is 12.0 Å². The summed E-state index contributed by atoms with van der Waals surface area (Å²) in [6.45, 7) is 32.2. The van der Waals surface area contributed by atoms with E-state index in [4.69, 9.17) is 25.8 Å². The molecule has 332 valence electrons. The van der Waals surface area contributed by atoms with E-state index in [-0.39, 0.29) is 28.7 Å². The van der Waals surface area contributed by atoms with Gasteiger partial charge in [0.25, 0.3) is 12.1 Å². The Hall–Kier alpha value is -4.26. The molecular weight excluding hydrogens is 747 g/mol. The lowest BCUT2D eigenvalue weighted by molar-refractivity contribution is -0.108. The molecular formula is C45H78N9O5+. The number of hydrogen-bond acceptors (Lipinski definition) is 11. The topological polar surface area (TPSA) is 121 Å². The average molecular weight is 825 g/mol. The van der Waals surface area contributed by atoms with Gasteiger partial charge in [0.2, 0.25) is 6.41 Å². The lowest BCUT2D eigenvalue weighted by atomic mass is 9.86. The number of pyridine rings is 2. The van der Waals surface area contributed by atoms with Crippen LogP contribution in [0.4, 0.5) is 17.3 Å². The molecule has 59 heavy (non-hydrogen) atoms. The molecule has 1 aliphatic heterocycles. The van der Waals surface area contributed by atoms with Gasteiger partial charge in [-0.15, -0.1) is 6.58 Å². The number of nitrogens with zero attached hydrogens (tertiary/aromatic N) is 7. The van der Waals surface area contributed by atoms with Crippen molar-refractivity contribution in [2.75, 3.05) is 110 Å². The van der Waals surface area contributed by atoms with Crippen molar-refractivity contribution in [2.24, 2.45) is 5.41 Å². The van der Waals surface area contributed by atoms with Crippen LogP contribution in [-0.4, -0.2) is 138 Å². The fraction of sp³-hybridized carbons (Fsp3) is 0.644.